The van der Waals surface area contributed by atoms with Crippen LogP contribution in [-0.2, 0) is 4.74 Å². The van der Waals surface area contributed by atoms with Gasteiger partial charge in [-0.25, -0.2) is 15.0 Å². The highest BCUT2D eigenvalue weighted by atomic mass is 35.5. The number of anilines is 1. The fourth-order valence-corrected chi connectivity index (χ4v) is 2.17. The third-order valence-electron chi connectivity index (χ3n) is 2.98. The summed E-state index contributed by atoms with van der Waals surface area (Å²) in [7, 11) is 0. The van der Waals surface area contributed by atoms with Gasteiger partial charge in [-0.05, 0) is 11.6 Å². The lowest BCUT2D eigenvalue weighted by Crippen LogP contribution is -2.27. The number of halogens is 2. The molecule has 8 nitrogen and oxygen atoms in total. The average molecular weight is 302 g/mol. The zero-order chi connectivity index (χ0) is 14.4. The third kappa shape index (κ3) is 1.79. The van der Waals surface area contributed by atoms with Gasteiger partial charge in [0.05, 0.1) is 0 Å². The SMILES string of the molecule is Nc1ncnc2c1ncn2[C@@H]1O/C(=C(\F)Cl)[C@@H](O)[C@H]1O. The molecule has 1 fully saturated rings. The highest BCUT2D eigenvalue weighted by Crippen LogP contribution is 2.36. The van der Waals surface area contributed by atoms with Gasteiger partial charge in [0.15, 0.2) is 17.2 Å². The summed E-state index contributed by atoms with van der Waals surface area (Å²) in [5.41, 5.74) is 6.23. The Balaban J connectivity index is 2.09. The van der Waals surface area contributed by atoms with Crippen LogP contribution in [0.1, 0.15) is 6.23 Å². The quantitative estimate of drug-likeness (QED) is 0.680. The van der Waals surface area contributed by atoms with Crippen LogP contribution < -0.4 is 5.73 Å². The van der Waals surface area contributed by atoms with Crippen LogP contribution in [0.15, 0.2) is 23.7 Å². The maximum atomic E-state index is 13.0. The van der Waals surface area contributed by atoms with Gasteiger partial charge in [-0.1, -0.05) is 0 Å². The summed E-state index contributed by atoms with van der Waals surface area (Å²) in [6, 6.07) is 0. The third-order valence-corrected chi connectivity index (χ3v) is 3.17. The maximum Gasteiger partial charge on any atom is 0.229 e. The molecule has 1 saturated heterocycles. The Morgan fingerprint density at radius 2 is 2.15 bits per heavy atom. The van der Waals surface area contributed by atoms with Gasteiger partial charge in [-0.15, -0.1) is 0 Å². The van der Waals surface area contributed by atoms with Crippen LogP contribution in [0.25, 0.3) is 11.2 Å². The standard InChI is InChI=1S/C10H9ClFN5O3/c11-7(12)6-4(18)5(19)10(20-6)17-2-16-3-8(13)14-1-15-9(3)17/h1-2,4-5,10,18-19H,(H2,13,14,15)/b7-6-/t4-,5+,10+/m0/s1. The molecule has 3 rings (SSSR count). The van der Waals surface area contributed by atoms with Gasteiger partial charge in [0.1, 0.15) is 30.4 Å². The molecule has 10 heteroatoms. The fraction of sp³-hybridized carbons (Fsp3) is 0.300. The number of aliphatic hydroxyl groups excluding tert-OH is 2. The van der Waals surface area contributed by atoms with Crippen LogP contribution in [0.5, 0.6) is 0 Å². The molecule has 0 aliphatic carbocycles. The predicted molar refractivity (Wildman–Crippen MR) is 65.9 cm³/mol. The van der Waals surface area contributed by atoms with Gasteiger partial charge in [0.25, 0.3) is 0 Å². The number of aromatic nitrogens is 4. The van der Waals surface area contributed by atoms with E-state index in [1.807, 2.05) is 0 Å². The smallest absolute Gasteiger partial charge is 0.229 e. The molecule has 106 valence electrons. The van der Waals surface area contributed by atoms with Crippen molar-refractivity contribution in [3.05, 3.63) is 23.7 Å². The number of imidazole rings is 1. The molecule has 3 atom stereocenters. The van der Waals surface area contributed by atoms with Gasteiger partial charge in [-0.2, -0.15) is 4.39 Å². The Labute approximate surface area is 116 Å². The molecule has 20 heavy (non-hydrogen) atoms. The minimum Gasteiger partial charge on any atom is -0.465 e. The summed E-state index contributed by atoms with van der Waals surface area (Å²) in [6.07, 6.45) is -1.61. The number of aliphatic hydroxyl groups is 2. The molecular weight excluding hydrogens is 293 g/mol. The first kappa shape index (κ1) is 13.0. The van der Waals surface area contributed by atoms with E-state index in [1.165, 1.54) is 17.2 Å². The van der Waals surface area contributed by atoms with E-state index < -0.39 is 29.5 Å². The molecule has 0 bridgehead atoms. The highest BCUT2D eigenvalue weighted by Gasteiger charge is 2.43. The van der Waals surface area contributed by atoms with E-state index >= 15 is 0 Å². The van der Waals surface area contributed by atoms with Crippen molar-refractivity contribution in [2.75, 3.05) is 5.73 Å². The molecule has 0 unspecified atom stereocenters. The second-order valence-electron chi connectivity index (χ2n) is 4.15. The number of hydrogen-bond donors (Lipinski definition) is 3. The van der Waals surface area contributed by atoms with E-state index in [1.54, 1.807) is 0 Å². The topological polar surface area (TPSA) is 119 Å². The number of nitrogens with two attached hydrogens (primary N) is 1. The fourth-order valence-electron chi connectivity index (χ4n) is 2.01. The summed E-state index contributed by atoms with van der Waals surface area (Å²) >= 11 is 5.16. The molecule has 3 heterocycles. The summed E-state index contributed by atoms with van der Waals surface area (Å²) in [5.74, 6) is -0.380. The molecule has 2 aromatic rings. The molecule has 0 radical (unpaired) electrons. The number of nitrogen functional groups attached to an aromatic ring is 1. The molecule has 4 N–H and O–H groups in total. The van der Waals surface area contributed by atoms with Crippen molar-refractivity contribution in [2.24, 2.45) is 0 Å². The van der Waals surface area contributed by atoms with Crippen molar-refractivity contribution in [3.63, 3.8) is 0 Å². The van der Waals surface area contributed by atoms with Gasteiger partial charge in [0, 0.05) is 0 Å². The average Bonchev–Trinajstić information content (AvgIpc) is 2.94. The number of nitrogens with zero attached hydrogens (tertiary/aromatic N) is 4. The van der Waals surface area contributed by atoms with Crippen LogP contribution in [0.2, 0.25) is 0 Å². The number of ether oxygens (including phenoxy) is 1. The van der Waals surface area contributed by atoms with Crippen molar-refractivity contribution < 1.29 is 19.3 Å². The minimum atomic E-state index is -1.57. The summed E-state index contributed by atoms with van der Waals surface area (Å²) in [5, 5.41) is 18.4. The zero-order valence-corrected chi connectivity index (χ0v) is 10.6. The predicted octanol–water partition coefficient (Wildman–Crippen LogP) is 0.0365. The van der Waals surface area contributed by atoms with Gasteiger partial charge in [0.2, 0.25) is 11.5 Å². The van der Waals surface area contributed by atoms with Crippen LogP contribution in [0.4, 0.5) is 10.2 Å². The summed E-state index contributed by atoms with van der Waals surface area (Å²) in [6.45, 7) is 0. The molecule has 0 saturated carbocycles. The van der Waals surface area contributed by atoms with E-state index in [-0.39, 0.29) is 11.5 Å². The first-order valence-corrected chi connectivity index (χ1v) is 5.89. The van der Waals surface area contributed by atoms with Crippen molar-refractivity contribution in [2.45, 2.75) is 18.4 Å². The van der Waals surface area contributed by atoms with Crippen LogP contribution >= 0.6 is 11.6 Å². The van der Waals surface area contributed by atoms with Crippen LogP contribution in [0.3, 0.4) is 0 Å². The van der Waals surface area contributed by atoms with Gasteiger partial charge in [-0.3, -0.25) is 4.57 Å². The molecule has 1 aliphatic rings. The van der Waals surface area contributed by atoms with Gasteiger partial charge >= 0.3 is 0 Å². The van der Waals surface area contributed by atoms with Crippen LogP contribution in [-0.4, -0.2) is 41.9 Å². The van der Waals surface area contributed by atoms with Crippen molar-refractivity contribution >= 4 is 28.6 Å². The van der Waals surface area contributed by atoms with Gasteiger partial charge < -0.3 is 20.7 Å². The number of hydrogen-bond acceptors (Lipinski definition) is 7. The van der Waals surface area contributed by atoms with Crippen molar-refractivity contribution in [1.82, 2.24) is 19.5 Å². The van der Waals surface area contributed by atoms with E-state index in [4.69, 9.17) is 22.1 Å². The first-order valence-electron chi connectivity index (χ1n) is 5.51. The van der Waals surface area contributed by atoms with E-state index in [0.29, 0.717) is 5.52 Å². The van der Waals surface area contributed by atoms with Crippen molar-refractivity contribution in [3.8, 4) is 0 Å². The normalized spacial score (nSPS) is 28.7. The Kier molecular flexibility index (Phi) is 2.96. The maximum absolute atomic E-state index is 13.0. The van der Waals surface area contributed by atoms with E-state index in [2.05, 4.69) is 15.0 Å². The molecule has 2 aromatic heterocycles. The number of rotatable bonds is 1. The molecular formula is C10H9ClFN5O3. The summed E-state index contributed by atoms with van der Waals surface area (Å²) < 4.78 is 19.4. The second-order valence-corrected chi connectivity index (χ2v) is 4.48. The second kappa shape index (κ2) is 4.54. The summed E-state index contributed by atoms with van der Waals surface area (Å²) in [4.78, 5) is 11.7. The molecule has 0 amide bonds. The molecule has 1 aliphatic heterocycles. The van der Waals surface area contributed by atoms with Crippen molar-refractivity contribution in [1.29, 1.82) is 0 Å². The Morgan fingerprint density at radius 3 is 2.80 bits per heavy atom. The lowest BCUT2D eigenvalue weighted by molar-refractivity contribution is -0.0120. The minimum absolute atomic E-state index is 0.154. The Bertz CT molecular complexity index is 701. The molecule has 0 spiro atoms. The highest BCUT2D eigenvalue weighted by molar-refractivity contribution is 6.28. The zero-order valence-electron chi connectivity index (χ0n) is 9.81. The van der Waals surface area contributed by atoms with E-state index in [0.717, 1.165) is 0 Å². The lowest BCUT2D eigenvalue weighted by atomic mass is 10.2. The first-order chi connectivity index (χ1) is 9.50. The Hall–Kier alpha value is -1.97. The largest absolute Gasteiger partial charge is 0.465 e. The molecule has 0 aromatic carbocycles. The van der Waals surface area contributed by atoms with Crippen LogP contribution in [0, 0.1) is 0 Å². The van der Waals surface area contributed by atoms with E-state index in [9.17, 15) is 14.6 Å². The lowest BCUT2D eigenvalue weighted by Gasteiger charge is -2.15. The monoisotopic (exact) mass is 301 g/mol. The number of fused-ring (bicyclic) bond motifs is 1. The Morgan fingerprint density at radius 1 is 1.40 bits per heavy atom.